The van der Waals surface area contributed by atoms with Crippen molar-refractivity contribution in [1.29, 1.82) is 0 Å². The molecule has 2 aliphatic rings. The van der Waals surface area contributed by atoms with Crippen molar-refractivity contribution >= 4 is 22.8 Å². The van der Waals surface area contributed by atoms with Crippen LogP contribution in [0, 0.1) is 0 Å². The van der Waals surface area contributed by atoms with Gasteiger partial charge in [-0.25, -0.2) is 4.98 Å². The summed E-state index contributed by atoms with van der Waals surface area (Å²) in [6, 6.07) is 12.2. The molecule has 1 heterocycles. The summed E-state index contributed by atoms with van der Waals surface area (Å²) >= 11 is 0. The van der Waals surface area contributed by atoms with E-state index in [9.17, 15) is 26.3 Å². The van der Waals surface area contributed by atoms with E-state index in [1.807, 2.05) is 6.07 Å². The maximum atomic E-state index is 13.5. The van der Waals surface area contributed by atoms with Crippen LogP contribution in [0.15, 0.2) is 64.6 Å². The minimum absolute atomic E-state index is 0.180. The van der Waals surface area contributed by atoms with E-state index in [0.717, 1.165) is 36.1 Å². The fraction of sp³-hybridized carbons (Fsp3) is 0.296. The lowest BCUT2D eigenvalue weighted by Gasteiger charge is -2.24. The van der Waals surface area contributed by atoms with Crippen LogP contribution in [-0.4, -0.2) is 16.4 Å². The molecule has 0 fully saturated rings. The van der Waals surface area contributed by atoms with Gasteiger partial charge in [0, 0.05) is 0 Å². The van der Waals surface area contributed by atoms with Crippen molar-refractivity contribution in [3.05, 3.63) is 88.2 Å². The molecule has 2 aliphatic carbocycles. The number of aromatic nitrogens is 1. The van der Waals surface area contributed by atoms with Gasteiger partial charge in [0.2, 0.25) is 0 Å². The van der Waals surface area contributed by atoms with E-state index >= 15 is 0 Å². The SMILES string of the molecule is FC(F)(F)c1ccccc1/N=C1/CCCc2cc3c(nc21)/C(=N/c1ccccc1C(F)(F)F)CCC3. The largest absolute Gasteiger partial charge is 0.418 e. The van der Waals surface area contributed by atoms with Gasteiger partial charge in [-0.05, 0) is 73.9 Å². The number of hydrogen-bond acceptors (Lipinski definition) is 3. The Morgan fingerprint density at radius 1 is 0.583 bits per heavy atom. The molecule has 0 saturated heterocycles. The Morgan fingerprint density at radius 2 is 1.00 bits per heavy atom. The Labute approximate surface area is 203 Å². The lowest BCUT2D eigenvalue weighted by Crippen LogP contribution is -2.21. The highest BCUT2D eigenvalue weighted by Crippen LogP contribution is 2.39. The van der Waals surface area contributed by atoms with Crippen LogP contribution in [0.5, 0.6) is 0 Å². The van der Waals surface area contributed by atoms with Crippen molar-refractivity contribution < 1.29 is 26.3 Å². The smallest absolute Gasteiger partial charge is 0.251 e. The van der Waals surface area contributed by atoms with Gasteiger partial charge >= 0.3 is 12.4 Å². The molecule has 5 rings (SSSR count). The zero-order chi connectivity index (χ0) is 25.5. The number of rotatable bonds is 2. The summed E-state index contributed by atoms with van der Waals surface area (Å²) in [4.78, 5) is 13.5. The van der Waals surface area contributed by atoms with E-state index in [0.29, 0.717) is 48.5 Å². The van der Waals surface area contributed by atoms with Crippen LogP contribution in [0.4, 0.5) is 37.7 Å². The molecule has 3 nitrogen and oxygen atoms in total. The second-order valence-electron chi connectivity index (χ2n) is 8.86. The molecule has 36 heavy (non-hydrogen) atoms. The molecule has 0 unspecified atom stereocenters. The average Bonchev–Trinajstić information content (AvgIpc) is 2.83. The number of nitrogens with zero attached hydrogens (tertiary/aromatic N) is 3. The summed E-state index contributed by atoms with van der Waals surface area (Å²) in [6.07, 6.45) is -5.33. The number of aliphatic imine (C=N–C) groups is 2. The van der Waals surface area contributed by atoms with E-state index in [-0.39, 0.29) is 11.4 Å². The van der Waals surface area contributed by atoms with Crippen LogP contribution in [0.25, 0.3) is 0 Å². The molecular formula is C27H21F6N3. The molecule has 0 aliphatic heterocycles. The van der Waals surface area contributed by atoms with Gasteiger partial charge in [-0.15, -0.1) is 0 Å². The van der Waals surface area contributed by atoms with E-state index < -0.39 is 23.5 Å². The van der Waals surface area contributed by atoms with E-state index in [2.05, 4.69) is 9.98 Å². The van der Waals surface area contributed by atoms with E-state index in [1.165, 1.54) is 36.4 Å². The molecular weight excluding hydrogens is 480 g/mol. The highest BCUT2D eigenvalue weighted by atomic mass is 19.4. The monoisotopic (exact) mass is 501 g/mol. The summed E-state index contributed by atoms with van der Waals surface area (Å²) in [6.45, 7) is 0. The third-order valence-electron chi connectivity index (χ3n) is 6.38. The van der Waals surface area contributed by atoms with Crippen molar-refractivity contribution in [2.45, 2.75) is 50.9 Å². The number of fused-ring (bicyclic) bond motifs is 2. The zero-order valence-corrected chi connectivity index (χ0v) is 19.0. The van der Waals surface area contributed by atoms with E-state index in [4.69, 9.17) is 4.98 Å². The summed E-state index contributed by atoms with van der Waals surface area (Å²) in [5.41, 5.74) is 1.64. The van der Waals surface area contributed by atoms with Gasteiger partial charge in [-0.3, -0.25) is 9.98 Å². The van der Waals surface area contributed by atoms with Gasteiger partial charge in [0.1, 0.15) is 0 Å². The zero-order valence-electron chi connectivity index (χ0n) is 19.0. The summed E-state index contributed by atoms with van der Waals surface area (Å²) < 4.78 is 81.1. The first-order valence-electron chi connectivity index (χ1n) is 11.6. The quantitative estimate of drug-likeness (QED) is 0.328. The van der Waals surface area contributed by atoms with Gasteiger partial charge < -0.3 is 0 Å². The van der Waals surface area contributed by atoms with Crippen LogP contribution in [0.1, 0.15) is 59.3 Å². The third kappa shape index (κ3) is 4.79. The van der Waals surface area contributed by atoms with Crippen molar-refractivity contribution in [2.75, 3.05) is 0 Å². The predicted octanol–water partition coefficient (Wildman–Crippen LogP) is 8.03. The second kappa shape index (κ2) is 9.19. The summed E-state index contributed by atoms with van der Waals surface area (Å²) in [5.74, 6) is 0. The summed E-state index contributed by atoms with van der Waals surface area (Å²) in [5, 5.41) is 0. The van der Waals surface area contributed by atoms with E-state index in [1.54, 1.807) is 0 Å². The maximum Gasteiger partial charge on any atom is 0.418 e. The molecule has 0 bridgehead atoms. The molecule has 0 spiro atoms. The molecule has 1 aromatic heterocycles. The van der Waals surface area contributed by atoms with Crippen molar-refractivity contribution in [3.63, 3.8) is 0 Å². The molecule has 0 radical (unpaired) electrons. The number of aryl methyl sites for hydroxylation is 2. The lowest BCUT2D eigenvalue weighted by atomic mass is 9.87. The minimum atomic E-state index is -4.55. The first kappa shape index (κ1) is 24.2. The molecule has 2 aromatic carbocycles. The molecule has 0 N–H and O–H groups in total. The summed E-state index contributed by atoms with van der Waals surface area (Å²) in [7, 11) is 0. The van der Waals surface area contributed by atoms with Gasteiger partial charge in [-0.2, -0.15) is 26.3 Å². The number of pyridine rings is 1. The van der Waals surface area contributed by atoms with Gasteiger partial charge in [0.05, 0.1) is 45.3 Å². The molecule has 3 aromatic rings. The third-order valence-corrected chi connectivity index (χ3v) is 6.38. The van der Waals surface area contributed by atoms with Crippen LogP contribution in [0.3, 0.4) is 0 Å². The maximum absolute atomic E-state index is 13.5. The molecule has 0 atom stereocenters. The second-order valence-corrected chi connectivity index (χ2v) is 8.86. The van der Waals surface area contributed by atoms with Gasteiger partial charge in [0.15, 0.2) is 0 Å². The first-order chi connectivity index (χ1) is 17.1. The highest BCUT2D eigenvalue weighted by Gasteiger charge is 2.35. The van der Waals surface area contributed by atoms with Crippen molar-refractivity contribution in [1.82, 2.24) is 4.98 Å². The minimum Gasteiger partial charge on any atom is -0.251 e. The van der Waals surface area contributed by atoms with Crippen molar-refractivity contribution in [3.8, 4) is 0 Å². The molecule has 0 amide bonds. The topological polar surface area (TPSA) is 37.6 Å². The first-order valence-corrected chi connectivity index (χ1v) is 11.6. The Morgan fingerprint density at radius 3 is 1.42 bits per heavy atom. The molecule has 186 valence electrons. The molecule has 0 saturated carbocycles. The predicted molar refractivity (Wildman–Crippen MR) is 125 cm³/mol. The number of hydrogen-bond donors (Lipinski definition) is 0. The van der Waals surface area contributed by atoms with Crippen LogP contribution in [-0.2, 0) is 25.2 Å². The van der Waals surface area contributed by atoms with Crippen LogP contribution < -0.4 is 0 Å². The van der Waals surface area contributed by atoms with Gasteiger partial charge in [-0.1, -0.05) is 30.3 Å². The fourth-order valence-electron chi connectivity index (χ4n) is 4.74. The van der Waals surface area contributed by atoms with Crippen LogP contribution >= 0.6 is 0 Å². The fourth-order valence-corrected chi connectivity index (χ4v) is 4.74. The number of para-hydroxylation sites is 2. The average molecular weight is 501 g/mol. The molecule has 9 heteroatoms. The normalized spacial score (nSPS) is 18.3. The lowest BCUT2D eigenvalue weighted by molar-refractivity contribution is -0.137. The van der Waals surface area contributed by atoms with Crippen molar-refractivity contribution in [2.24, 2.45) is 9.98 Å². The Bertz CT molecular complexity index is 1270. The highest BCUT2D eigenvalue weighted by molar-refractivity contribution is 6.06. The Hall–Kier alpha value is -3.49. The number of halogens is 6. The Kier molecular flexibility index (Phi) is 6.18. The van der Waals surface area contributed by atoms with Gasteiger partial charge in [0.25, 0.3) is 0 Å². The Balaban J connectivity index is 1.62. The van der Waals surface area contributed by atoms with Crippen LogP contribution in [0.2, 0.25) is 0 Å². The standard InChI is InChI=1S/C27H21F6N3/c28-26(29,30)18-9-1-3-11-20(18)34-22-13-5-7-16-15-17-8-6-14-23(25(17)36-24(16)22)35-21-12-4-2-10-19(21)27(31,32)33/h1-4,9-12,15H,5-8,13-14H2/b34-22-,35-23+. The number of alkyl halides is 6. The number of benzene rings is 2.